The Hall–Kier alpha value is -0.160. The first-order valence-corrected chi connectivity index (χ1v) is 5.61. The highest BCUT2D eigenvalue weighted by Crippen LogP contribution is 2.28. The molecular formula is C8H10Cl4N2O2. The summed E-state index contributed by atoms with van der Waals surface area (Å²) in [5, 5.41) is 12.5. The van der Waals surface area contributed by atoms with Gasteiger partial charge in [-0.05, 0) is 32.4 Å². The fourth-order valence-corrected chi connectivity index (χ4v) is 1.27. The average molecular weight is 308 g/mol. The van der Waals surface area contributed by atoms with E-state index in [1.165, 1.54) is 0 Å². The van der Waals surface area contributed by atoms with E-state index < -0.39 is 15.6 Å². The van der Waals surface area contributed by atoms with E-state index in [0.717, 1.165) is 0 Å². The van der Waals surface area contributed by atoms with Crippen LogP contribution in [0.1, 0.15) is 20.8 Å². The summed E-state index contributed by atoms with van der Waals surface area (Å²) < 4.78 is -0.298. The number of halogens is 4. The van der Waals surface area contributed by atoms with Crippen LogP contribution in [0, 0.1) is 10.1 Å². The Labute approximate surface area is 113 Å². The third kappa shape index (κ3) is 5.25. The van der Waals surface area contributed by atoms with Crippen LogP contribution >= 0.6 is 46.4 Å². The molecule has 0 aliphatic carbocycles. The smallest absolute Gasteiger partial charge is 0.361 e. The highest BCUT2D eigenvalue weighted by atomic mass is 35.5. The molecule has 16 heavy (non-hydrogen) atoms. The Morgan fingerprint density at radius 1 is 1.19 bits per heavy atom. The Morgan fingerprint density at radius 2 is 1.62 bits per heavy atom. The van der Waals surface area contributed by atoms with E-state index in [1.54, 1.807) is 20.8 Å². The van der Waals surface area contributed by atoms with Crippen molar-refractivity contribution < 1.29 is 4.92 Å². The average Bonchev–Trinajstić information content (AvgIpc) is 2.10. The minimum Gasteiger partial charge on any atom is -0.373 e. The SMILES string of the molecule is CC(C)(C)N/C(C(Cl)=C(Cl)Cl)=C(\Cl)[N+](=O)[O-]. The summed E-state index contributed by atoms with van der Waals surface area (Å²) in [7, 11) is 0. The van der Waals surface area contributed by atoms with Crippen molar-refractivity contribution in [2.45, 2.75) is 26.3 Å². The molecule has 8 heteroatoms. The number of nitro groups is 1. The molecule has 0 saturated carbocycles. The second kappa shape index (κ2) is 5.96. The molecule has 0 heterocycles. The number of rotatable bonds is 3. The van der Waals surface area contributed by atoms with Crippen molar-refractivity contribution in [3.8, 4) is 0 Å². The fraction of sp³-hybridized carbons (Fsp3) is 0.500. The number of nitrogens with one attached hydrogen (secondary N) is 1. The molecule has 0 aliphatic heterocycles. The van der Waals surface area contributed by atoms with Gasteiger partial charge in [-0.1, -0.05) is 34.8 Å². The first-order chi connectivity index (χ1) is 7.06. The summed E-state index contributed by atoms with van der Waals surface area (Å²) in [6.07, 6.45) is 0. The lowest BCUT2D eigenvalue weighted by Crippen LogP contribution is -2.36. The topological polar surface area (TPSA) is 55.2 Å². The highest BCUT2D eigenvalue weighted by Gasteiger charge is 2.24. The summed E-state index contributed by atoms with van der Waals surface area (Å²) >= 11 is 22.2. The second-order valence-electron chi connectivity index (χ2n) is 3.87. The third-order valence-electron chi connectivity index (χ3n) is 1.25. The Balaban J connectivity index is 5.51. The first kappa shape index (κ1) is 15.8. The molecule has 0 atom stereocenters. The molecule has 0 bridgehead atoms. The van der Waals surface area contributed by atoms with Crippen LogP contribution < -0.4 is 5.32 Å². The molecule has 0 unspecified atom stereocenters. The summed E-state index contributed by atoms with van der Waals surface area (Å²) in [5.41, 5.74) is -0.588. The molecule has 0 rings (SSSR count). The van der Waals surface area contributed by atoms with Crippen molar-refractivity contribution in [2.24, 2.45) is 0 Å². The molecule has 0 saturated heterocycles. The van der Waals surface area contributed by atoms with Gasteiger partial charge in [0.05, 0.1) is 4.92 Å². The van der Waals surface area contributed by atoms with Crippen LogP contribution in [-0.4, -0.2) is 10.5 Å². The second-order valence-corrected chi connectivity index (χ2v) is 5.56. The fourth-order valence-electron chi connectivity index (χ4n) is 0.758. The van der Waals surface area contributed by atoms with Gasteiger partial charge in [0.2, 0.25) is 0 Å². The molecule has 92 valence electrons. The standard InChI is InChI=1S/C8H10Cl4N2O2/c1-8(2,3)13-5(4(9)6(10)11)7(12)14(15)16/h13H,1-3H3/b7-5+. The number of hydrogen-bond acceptors (Lipinski definition) is 3. The maximum atomic E-state index is 10.6. The van der Waals surface area contributed by atoms with E-state index in [2.05, 4.69) is 5.32 Å². The number of hydrogen-bond donors (Lipinski definition) is 1. The van der Waals surface area contributed by atoms with Gasteiger partial charge in [0.1, 0.15) is 15.2 Å². The number of allylic oxidation sites excluding steroid dienone is 1. The van der Waals surface area contributed by atoms with Gasteiger partial charge in [-0.2, -0.15) is 0 Å². The molecule has 0 aliphatic rings. The van der Waals surface area contributed by atoms with E-state index in [1.807, 2.05) is 0 Å². The Bertz CT molecular complexity index is 354. The van der Waals surface area contributed by atoms with E-state index >= 15 is 0 Å². The lowest BCUT2D eigenvalue weighted by molar-refractivity contribution is -0.413. The minimum atomic E-state index is -0.783. The zero-order valence-corrected chi connectivity index (χ0v) is 11.8. The van der Waals surface area contributed by atoms with Gasteiger partial charge < -0.3 is 5.32 Å². The van der Waals surface area contributed by atoms with Crippen molar-refractivity contribution in [1.82, 2.24) is 5.32 Å². The molecule has 0 spiro atoms. The maximum Gasteiger partial charge on any atom is 0.361 e. The molecule has 4 nitrogen and oxygen atoms in total. The molecule has 0 aromatic rings. The van der Waals surface area contributed by atoms with Crippen molar-refractivity contribution >= 4 is 46.4 Å². The van der Waals surface area contributed by atoms with Gasteiger partial charge in [-0.15, -0.1) is 0 Å². The van der Waals surface area contributed by atoms with Crippen LogP contribution in [0.15, 0.2) is 20.4 Å². The van der Waals surface area contributed by atoms with Crippen LogP contribution in [0.5, 0.6) is 0 Å². The van der Waals surface area contributed by atoms with Crippen LogP contribution in [0.3, 0.4) is 0 Å². The van der Waals surface area contributed by atoms with Gasteiger partial charge in [-0.3, -0.25) is 10.1 Å². The highest BCUT2D eigenvalue weighted by molar-refractivity contribution is 6.60. The molecule has 0 amide bonds. The van der Waals surface area contributed by atoms with Gasteiger partial charge >= 0.3 is 5.16 Å². The van der Waals surface area contributed by atoms with Crippen LogP contribution in [-0.2, 0) is 0 Å². The van der Waals surface area contributed by atoms with Gasteiger partial charge in [0.25, 0.3) is 0 Å². The monoisotopic (exact) mass is 306 g/mol. The van der Waals surface area contributed by atoms with Crippen LogP contribution in [0.4, 0.5) is 0 Å². The van der Waals surface area contributed by atoms with Gasteiger partial charge in [0, 0.05) is 5.54 Å². The molecular weight excluding hydrogens is 298 g/mol. The van der Waals surface area contributed by atoms with Crippen molar-refractivity contribution in [2.75, 3.05) is 0 Å². The van der Waals surface area contributed by atoms with Gasteiger partial charge in [0.15, 0.2) is 0 Å². The summed E-state index contributed by atoms with van der Waals surface area (Å²) in [4.78, 5) is 9.78. The van der Waals surface area contributed by atoms with E-state index in [4.69, 9.17) is 46.4 Å². The minimum absolute atomic E-state index is 0.110. The first-order valence-electron chi connectivity index (χ1n) is 4.09. The normalized spacial score (nSPS) is 12.9. The quantitative estimate of drug-likeness (QED) is 0.372. The summed E-state index contributed by atoms with van der Waals surface area (Å²) in [5.74, 6) is 0. The van der Waals surface area contributed by atoms with E-state index in [-0.39, 0.29) is 15.2 Å². The summed E-state index contributed by atoms with van der Waals surface area (Å²) in [6.45, 7) is 5.34. The predicted molar refractivity (Wildman–Crippen MR) is 67.3 cm³/mol. The van der Waals surface area contributed by atoms with Crippen LogP contribution in [0.25, 0.3) is 0 Å². The Morgan fingerprint density at radius 3 is 1.88 bits per heavy atom. The lowest BCUT2D eigenvalue weighted by Gasteiger charge is -2.23. The van der Waals surface area contributed by atoms with Crippen molar-refractivity contribution in [1.29, 1.82) is 0 Å². The molecule has 1 N–H and O–H groups in total. The predicted octanol–water partition coefficient (Wildman–Crippen LogP) is 3.94. The van der Waals surface area contributed by atoms with Crippen molar-refractivity contribution in [3.63, 3.8) is 0 Å². The lowest BCUT2D eigenvalue weighted by atomic mass is 10.1. The zero-order valence-electron chi connectivity index (χ0n) is 8.78. The largest absolute Gasteiger partial charge is 0.373 e. The van der Waals surface area contributed by atoms with E-state index in [0.29, 0.717) is 0 Å². The molecule has 0 radical (unpaired) electrons. The van der Waals surface area contributed by atoms with Gasteiger partial charge in [-0.25, -0.2) is 0 Å². The van der Waals surface area contributed by atoms with E-state index in [9.17, 15) is 10.1 Å². The summed E-state index contributed by atoms with van der Waals surface area (Å²) in [6, 6.07) is 0. The molecule has 0 aromatic heterocycles. The maximum absolute atomic E-state index is 10.6. The molecule has 0 aromatic carbocycles. The van der Waals surface area contributed by atoms with Crippen LogP contribution in [0.2, 0.25) is 0 Å². The number of nitrogens with zero attached hydrogens (tertiary/aromatic N) is 1. The molecule has 0 fully saturated rings. The van der Waals surface area contributed by atoms with Crippen molar-refractivity contribution in [3.05, 3.63) is 30.5 Å². The Kier molecular flexibility index (Phi) is 5.90. The zero-order chi connectivity index (χ0) is 13.1. The third-order valence-corrected chi connectivity index (χ3v) is 2.53.